The third-order valence-electron chi connectivity index (χ3n) is 6.44. The molecule has 0 bridgehead atoms. The summed E-state index contributed by atoms with van der Waals surface area (Å²) in [6.07, 6.45) is -3.48. The molecule has 1 amide bonds. The van der Waals surface area contributed by atoms with Crippen molar-refractivity contribution in [1.82, 2.24) is 20.0 Å². The SMILES string of the molecule is CC(C)n1cc(CN2CCCC3(CC(NC(=O)OCc4ccccc4)CO3)C2)cn1.O=C(O)C(F)(F)F.O=C(O)C(F)(F)F. The predicted molar refractivity (Wildman–Crippen MR) is 141 cm³/mol. The number of carbonyl (C=O) groups excluding carboxylic acids is 1. The van der Waals surface area contributed by atoms with Gasteiger partial charge in [-0.3, -0.25) is 9.58 Å². The maximum Gasteiger partial charge on any atom is 0.490 e. The Balaban J connectivity index is 0.000000402. The van der Waals surface area contributed by atoms with E-state index in [-0.39, 0.29) is 24.3 Å². The van der Waals surface area contributed by atoms with Gasteiger partial charge in [-0.2, -0.15) is 31.4 Å². The molecule has 0 radical (unpaired) electrons. The molecular weight excluding hydrogens is 606 g/mol. The standard InChI is InChI=1S/C23H32N4O3.2C2HF3O2/c1-18(2)27-14-20(12-24-27)13-26-10-6-9-23(17-26)11-21(16-30-23)25-22(28)29-15-19-7-4-3-5-8-19;2*3-2(4,5)1(6)7/h3-5,7-8,12,14,18,21H,6,9-11,13,15-17H2,1-2H3,(H,25,28);2*(H,6,7). The quantitative estimate of drug-likeness (QED) is 0.380. The average molecular weight is 641 g/mol. The first-order valence-electron chi connectivity index (χ1n) is 13.4. The third-order valence-corrected chi connectivity index (χ3v) is 6.44. The number of ether oxygens (including phenoxy) is 2. The first-order chi connectivity index (χ1) is 20.4. The highest BCUT2D eigenvalue weighted by Gasteiger charge is 2.44. The molecule has 0 saturated carbocycles. The summed E-state index contributed by atoms with van der Waals surface area (Å²) in [5, 5.41) is 21.7. The molecule has 3 N–H and O–H groups in total. The van der Waals surface area contributed by atoms with Crippen LogP contribution in [0.3, 0.4) is 0 Å². The molecule has 246 valence electrons. The molecule has 17 heteroatoms. The molecule has 4 rings (SSSR count). The van der Waals surface area contributed by atoms with Crippen LogP contribution in [0.4, 0.5) is 31.1 Å². The van der Waals surface area contributed by atoms with Crippen molar-refractivity contribution in [2.45, 2.75) is 76.3 Å². The fourth-order valence-corrected chi connectivity index (χ4v) is 4.48. The number of benzene rings is 1. The van der Waals surface area contributed by atoms with Gasteiger partial charge in [0.2, 0.25) is 0 Å². The zero-order valence-corrected chi connectivity index (χ0v) is 23.9. The van der Waals surface area contributed by atoms with E-state index in [4.69, 9.17) is 29.3 Å². The second kappa shape index (κ2) is 15.7. The van der Waals surface area contributed by atoms with Gasteiger partial charge in [-0.05, 0) is 38.8 Å². The van der Waals surface area contributed by atoms with Crippen molar-refractivity contribution in [3.8, 4) is 0 Å². The monoisotopic (exact) mass is 640 g/mol. The van der Waals surface area contributed by atoms with Gasteiger partial charge in [0.25, 0.3) is 0 Å². The number of hydrogen-bond donors (Lipinski definition) is 3. The predicted octanol–water partition coefficient (Wildman–Crippen LogP) is 4.78. The summed E-state index contributed by atoms with van der Waals surface area (Å²) in [5.74, 6) is -5.51. The van der Waals surface area contributed by atoms with Crippen LogP contribution in [-0.2, 0) is 32.2 Å². The number of nitrogens with one attached hydrogen (secondary N) is 1. The highest BCUT2D eigenvalue weighted by molar-refractivity contribution is 5.73. The van der Waals surface area contributed by atoms with E-state index in [1.165, 1.54) is 5.56 Å². The number of alkyl carbamates (subject to hydrolysis) is 1. The Bertz CT molecular complexity index is 1200. The second-order valence-corrected chi connectivity index (χ2v) is 10.4. The van der Waals surface area contributed by atoms with Crippen LogP contribution in [0.2, 0.25) is 0 Å². The summed E-state index contributed by atoms with van der Waals surface area (Å²) >= 11 is 0. The van der Waals surface area contributed by atoms with Crippen molar-refractivity contribution in [2.75, 3.05) is 19.7 Å². The Hall–Kier alpha value is -3.86. The van der Waals surface area contributed by atoms with Gasteiger partial charge in [-0.1, -0.05) is 30.3 Å². The minimum Gasteiger partial charge on any atom is -0.475 e. The number of hydrogen-bond acceptors (Lipinski definition) is 7. The van der Waals surface area contributed by atoms with Gasteiger partial charge in [0.05, 0.1) is 24.4 Å². The molecule has 2 saturated heterocycles. The second-order valence-electron chi connectivity index (χ2n) is 10.4. The number of carboxylic acids is 2. The summed E-state index contributed by atoms with van der Waals surface area (Å²) in [5.41, 5.74) is 2.04. The normalized spacial score (nSPS) is 20.2. The number of halogens is 6. The number of likely N-dealkylation sites (tertiary alicyclic amines) is 1. The maximum absolute atomic E-state index is 12.2. The number of carboxylic acid groups (broad SMARTS) is 2. The topological polar surface area (TPSA) is 143 Å². The van der Waals surface area contributed by atoms with Crippen LogP contribution in [0, 0.1) is 0 Å². The number of aromatic nitrogens is 2. The van der Waals surface area contributed by atoms with Crippen LogP contribution in [0.15, 0.2) is 42.7 Å². The summed E-state index contributed by atoms with van der Waals surface area (Å²) in [6.45, 7) is 7.93. The van der Waals surface area contributed by atoms with E-state index in [1.54, 1.807) is 0 Å². The van der Waals surface area contributed by atoms with Crippen molar-refractivity contribution in [1.29, 1.82) is 0 Å². The van der Waals surface area contributed by atoms with Crippen LogP contribution >= 0.6 is 0 Å². The zero-order chi connectivity index (χ0) is 33.1. The molecule has 2 atom stereocenters. The van der Waals surface area contributed by atoms with E-state index in [9.17, 15) is 31.1 Å². The molecule has 44 heavy (non-hydrogen) atoms. The number of rotatable bonds is 6. The molecule has 3 heterocycles. The van der Waals surface area contributed by atoms with Crippen LogP contribution in [-0.4, -0.2) is 86.6 Å². The van der Waals surface area contributed by atoms with Gasteiger partial charge in [-0.15, -0.1) is 0 Å². The highest BCUT2D eigenvalue weighted by atomic mass is 19.4. The summed E-state index contributed by atoms with van der Waals surface area (Å²) in [6, 6.07) is 10.1. The Labute approximate surface area is 248 Å². The number of alkyl halides is 6. The molecule has 1 aromatic carbocycles. The lowest BCUT2D eigenvalue weighted by atomic mass is 9.88. The Morgan fingerprint density at radius 2 is 1.66 bits per heavy atom. The number of carbonyl (C=O) groups is 3. The first-order valence-corrected chi connectivity index (χ1v) is 13.4. The first kappa shape index (κ1) is 36.3. The molecule has 2 aliphatic rings. The molecule has 2 aliphatic heterocycles. The number of aliphatic carboxylic acids is 2. The minimum absolute atomic E-state index is 0.00286. The summed E-state index contributed by atoms with van der Waals surface area (Å²) < 4.78 is 77.1. The zero-order valence-electron chi connectivity index (χ0n) is 23.9. The minimum atomic E-state index is -5.08. The summed E-state index contributed by atoms with van der Waals surface area (Å²) in [7, 11) is 0. The van der Waals surface area contributed by atoms with Gasteiger partial charge in [0.15, 0.2) is 0 Å². The lowest BCUT2D eigenvalue weighted by Crippen LogP contribution is -2.48. The summed E-state index contributed by atoms with van der Waals surface area (Å²) in [4.78, 5) is 32.4. The number of nitrogens with zero attached hydrogens (tertiary/aromatic N) is 3. The van der Waals surface area contributed by atoms with E-state index in [1.807, 2.05) is 41.2 Å². The Kier molecular flexibility index (Phi) is 13.0. The fraction of sp³-hybridized carbons (Fsp3) is 0.556. The molecular formula is C27H34F6N4O7. The van der Waals surface area contributed by atoms with Crippen LogP contribution in [0.5, 0.6) is 0 Å². The van der Waals surface area contributed by atoms with Crippen LogP contribution in [0.1, 0.15) is 50.3 Å². The van der Waals surface area contributed by atoms with Crippen molar-refractivity contribution in [3.63, 3.8) is 0 Å². The van der Waals surface area contributed by atoms with Gasteiger partial charge in [-0.25, -0.2) is 14.4 Å². The van der Waals surface area contributed by atoms with E-state index < -0.39 is 24.3 Å². The highest BCUT2D eigenvalue weighted by Crippen LogP contribution is 2.35. The molecule has 2 aromatic rings. The molecule has 11 nitrogen and oxygen atoms in total. The van der Waals surface area contributed by atoms with E-state index >= 15 is 0 Å². The van der Waals surface area contributed by atoms with Crippen LogP contribution in [0.25, 0.3) is 0 Å². The van der Waals surface area contributed by atoms with Gasteiger partial charge < -0.3 is 25.0 Å². The average Bonchev–Trinajstić information content (AvgIpc) is 3.55. The van der Waals surface area contributed by atoms with Crippen molar-refractivity contribution in [2.24, 2.45) is 0 Å². The maximum atomic E-state index is 12.2. The van der Waals surface area contributed by atoms with Crippen LogP contribution < -0.4 is 5.32 Å². The van der Waals surface area contributed by atoms with Gasteiger partial charge >= 0.3 is 30.4 Å². The van der Waals surface area contributed by atoms with Crippen molar-refractivity contribution in [3.05, 3.63) is 53.9 Å². The van der Waals surface area contributed by atoms with Crippen molar-refractivity contribution >= 4 is 18.0 Å². The molecule has 2 fully saturated rings. The van der Waals surface area contributed by atoms with Gasteiger partial charge in [0.1, 0.15) is 6.61 Å². The number of amides is 1. The number of piperidine rings is 1. The van der Waals surface area contributed by atoms with E-state index in [2.05, 4.69) is 35.4 Å². The van der Waals surface area contributed by atoms with E-state index in [0.717, 1.165) is 44.5 Å². The largest absolute Gasteiger partial charge is 0.490 e. The van der Waals surface area contributed by atoms with Gasteiger partial charge in [0, 0.05) is 37.3 Å². The lowest BCUT2D eigenvalue weighted by Gasteiger charge is -2.39. The van der Waals surface area contributed by atoms with Crippen molar-refractivity contribution < 1.29 is 60.4 Å². The molecule has 0 aliphatic carbocycles. The molecule has 2 unspecified atom stereocenters. The smallest absolute Gasteiger partial charge is 0.475 e. The Morgan fingerprint density at radius 3 is 2.18 bits per heavy atom. The Morgan fingerprint density at radius 1 is 1.07 bits per heavy atom. The van der Waals surface area contributed by atoms with E-state index in [0.29, 0.717) is 12.6 Å². The lowest BCUT2D eigenvalue weighted by molar-refractivity contribution is -0.193. The fourth-order valence-electron chi connectivity index (χ4n) is 4.48. The third kappa shape index (κ3) is 12.4. The molecule has 1 aromatic heterocycles. The molecule has 1 spiro atoms.